The van der Waals surface area contributed by atoms with Crippen LogP contribution in [0.15, 0.2) is 107 Å². The number of rotatable bonds is 9. The fourth-order valence-electron chi connectivity index (χ4n) is 7.90. The van der Waals surface area contributed by atoms with E-state index in [1.165, 1.54) is 11.3 Å². The molecule has 0 bridgehead atoms. The summed E-state index contributed by atoms with van der Waals surface area (Å²) >= 11 is 15.8. The van der Waals surface area contributed by atoms with E-state index in [1.54, 1.807) is 22.1 Å². The van der Waals surface area contributed by atoms with Crippen LogP contribution in [0.4, 0.5) is 39.6 Å². The highest BCUT2D eigenvalue weighted by molar-refractivity contribution is 7.22. The summed E-state index contributed by atoms with van der Waals surface area (Å²) in [7, 11) is 0. The van der Waals surface area contributed by atoms with Crippen molar-refractivity contribution in [2.45, 2.75) is 48.5 Å². The lowest BCUT2D eigenvalue weighted by Crippen LogP contribution is -2.15. The van der Waals surface area contributed by atoms with Crippen molar-refractivity contribution in [1.29, 1.82) is 5.26 Å². The normalized spacial score (nSPS) is 11.5. The topological polar surface area (TPSA) is 120 Å². The van der Waals surface area contributed by atoms with Crippen LogP contribution in [0.1, 0.15) is 44.5 Å². The number of hydrogen-bond donors (Lipinski definition) is 1. The third kappa shape index (κ3) is 7.69. The monoisotopic (exact) mass is 888 g/mol. The van der Waals surface area contributed by atoms with Crippen molar-refractivity contribution in [2.24, 2.45) is 10.2 Å². The van der Waals surface area contributed by atoms with Gasteiger partial charge < -0.3 is 5.32 Å². The Morgan fingerprint density at radius 3 is 1.94 bits per heavy atom. The summed E-state index contributed by atoms with van der Waals surface area (Å²) in [6.45, 7) is 14.5. The zero-order valence-corrected chi connectivity index (χ0v) is 38.0. The lowest BCUT2D eigenvalue weighted by Gasteiger charge is -2.27. The Morgan fingerprint density at radius 1 is 0.677 bits per heavy atom. The molecule has 0 aliphatic rings. The average molecular weight is 890 g/mol. The van der Waals surface area contributed by atoms with Crippen molar-refractivity contribution in [1.82, 2.24) is 24.7 Å². The van der Waals surface area contributed by atoms with Crippen LogP contribution < -0.4 is 10.2 Å². The Kier molecular flexibility index (Phi) is 10.8. The number of nitriles is 1. The first-order valence-electron chi connectivity index (χ1n) is 19.7. The maximum Gasteiger partial charge on any atom is 0.213 e. The smallest absolute Gasteiger partial charge is 0.213 e. The number of benzene rings is 5. The Labute approximate surface area is 376 Å². The van der Waals surface area contributed by atoms with Crippen LogP contribution in [0.25, 0.3) is 36.8 Å². The second-order valence-corrected chi connectivity index (χ2v) is 18.2. The fraction of sp³-hybridized carbons (Fsp3) is 0.146. The molecule has 9 aromatic rings. The molecular formula is C48H38Cl2N10S2. The lowest BCUT2D eigenvalue weighted by molar-refractivity contribution is 0.866. The van der Waals surface area contributed by atoms with Gasteiger partial charge >= 0.3 is 0 Å². The number of nitrogens with zero attached hydrogens (tertiary/aromatic N) is 9. The number of azo groups is 1. The van der Waals surface area contributed by atoms with Crippen molar-refractivity contribution >= 4 is 106 Å². The number of anilines is 5. The van der Waals surface area contributed by atoms with Crippen LogP contribution in [-0.4, -0.2) is 24.7 Å². The predicted octanol–water partition coefficient (Wildman–Crippen LogP) is 15.1. The maximum atomic E-state index is 10.7. The van der Waals surface area contributed by atoms with Gasteiger partial charge in [-0.3, -0.25) is 4.90 Å². The molecule has 0 aliphatic carbocycles. The van der Waals surface area contributed by atoms with Gasteiger partial charge in [0.1, 0.15) is 28.8 Å². The summed E-state index contributed by atoms with van der Waals surface area (Å²) in [6, 6.07) is 33.9. The van der Waals surface area contributed by atoms with E-state index in [9.17, 15) is 5.26 Å². The first-order chi connectivity index (χ1) is 29.8. The van der Waals surface area contributed by atoms with E-state index < -0.39 is 0 Å². The molecule has 4 aromatic heterocycles. The summed E-state index contributed by atoms with van der Waals surface area (Å²) < 4.78 is 3.50. The molecule has 0 atom stereocenters. The summed E-state index contributed by atoms with van der Waals surface area (Å²) in [5, 5.41) is 31.6. The van der Waals surface area contributed by atoms with Gasteiger partial charge in [0, 0.05) is 21.3 Å². The van der Waals surface area contributed by atoms with Crippen LogP contribution in [0.2, 0.25) is 10.0 Å². The molecule has 10 nitrogen and oxygen atoms in total. The summed E-state index contributed by atoms with van der Waals surface area (Å²) in [6.07, 6.45) is 0. The lowest BCUT2D eigenvalue weighted by atomic mass is 10.0. The van der Waals surface area contributed by atoms with E-state index in [1.807, 2.05) is 73.7 Å². The Hall–Kier alpha value is -6.49. The molecule has 0 radical (unpaired) electrons. The molecule has 0 spiro atoms. The zero-order chi connectivity index (χ0) is 43.4. The molecule has 62 heavy (non-hydrogen) atoms. The number of halogens is 2. The Bertz CT molecular complexity index is 3260. The molecule has 14 heteroatoms. The van der Waals surface area contributed by atoms with Gasteiger partial charge in [-0.25, -0.2) is 15.0 Å². The molecule has 306 valence electrons. The van der Waals surface area contributed by atoms with Gasteiger partial charge in [0.15, 0.2) is 16.8 Å². The number of pyridine rings is 1. The quantitative estimate of drug-likeness (QED) is 0.143. The standard InChI is InChI=1S/C48H38Cl2N10S2/c1-25-17-27(3)41(28(4)18-25)55-45-42(29(5)21-40(54-45)59(44-30(6)19-26(2)20-31(44)7)47-52-36-22-33(49)13-15-38(36)61-47)56-57-46-35(24-51)43(32-11-9-8-10-12-32)58-60(46)48-53-37-23-34(50)14-16-39(37)62-48/h8-23H,1-7H3,(H,54,55)/b57-56+. The van der Waals surface area contributed by atoms with Gasteiger partial charge in [-0.15, -0.1) is 10.2 Å². The minimum absolute atomic E-state index is 0.231. The van der Waals surface area contributed by atoms with E-state index in [0.717, 1.165) is 75.9 Å². The highest BCUT2D eigenvalue weighted by Gasteiger charge is 2.27. The fourth-order valence-corrected chi connectivity index (χ4v) is 10.1. The van der Waals surface area contributed by atoms with Crippen LogP contribution in [0, 0.1) is 59.8 Å². The number of hydrogen-bond acceptors (Lipinski definition) is 11. The second kappa shape index (κ2) is 16.4. The van der Waals surface area contributed by atoms with Crippen LogP contribution in [0.5, 0.6) is 0 Å². The van der Waals surface area contributed by atoms with Gasteiger partial charge in [-0.1, -0.05) is 112 Å². The molecule has 4 heterocycles. The van der Waals surface area contributed by atoms with Crippen molar-refractivity contribution in [2.75, 3.05) is 10.2 Å². The predicted molar refractivity (Wildman–Crippen MR) is 256 cm³/mol. The minimum Gasteiger partial charge on any atom is -0.338 e. The van der Waals surface area contributed by atoms with E-state index in [-0.39, 0.29) is 11.4 Å². The number of nitrogens with one attached hydrogen (secondary N) is 1. The molecule has 0 saturated carbocycles. The van der Waals surface area contributed by atoms with E-state index in [0.29, 0.717) is 43.7 Å². The van der Waals surface area contributed by atoms with Gasteiger partial charge in [0.05, 0.1) is 26.1 Å². The number of aryl methyl sites for hydroxylation is 7. The largest absolute Gasteiger partial charge is 0.338 e. The number of fused-ring (bicyclic) bond motifs is 2. The summed E-state index contributed by atoms with van der Waals surface area (Å²) in [5.74, 6) is 1.33. The molecule has 9 rings (SSSR count). The first kappa shape index (κ1) is 40.9. The molecular weight excluding hydrogens is 852 g/mol. The maximum absolute atomic E-state index is 10.7. The zero-order valence-electron chi connectivity index (χ0n) is 34.8. The highest BCUT2D eigenvalue weighted by Crippen LogP contribution is 2.46. The van der Waals surface area contributed by atoms with Gasteiger partial charge in [0.2, 0.25) is 5.13 Å². The van der Waals surface area contributed by atoms with E-state index >= 15 is 0 Å². The third-order valence-corrected chi connectivity index (χ3v) is 13.0. The van der Waals surface area contributed by atoms with Gasteiger partial charge in [0.25, 0.3) is 0 Å². The van der Waals surface area contributed by atoms with Crippen molar-refractivity contribution < 1.29 is 0 Å². The minimum atomic E-state index is 0.231. The van der Waals surface area contributed by atoms with Gasteiger partial charge in [-0.2, -0.15) is 15.0 Å². The molecule has 0 aliphatic heterocycles. The van der Waals surface area contributed by atoms with Gasteiger partial charge in [-0.05, 0) is 119 Å². The molecule has 0 amide bonds. The molecule has 0 fully saturated rings. The molecule has 1 N–H and O–H groups in total. The van der Waals surface area contributed by atoms with E-state index in [4.69, 9.17) is 53.5 Å². The molecule has 5 aromatic carbocycles. The van der Waals surface area contributed by atoms with Crippen LogP contribution in [-0.2, 0) is 0 Å². The SMILES string of the molecule is Cc1cc(C)c(Nc2nc(N(c3nc4cc(Cl)ccc4s3)c3c(C)cc(C)cc3C)cc(C)c2/N=N/c2c(C#N)c(-c3ccccc3)nn2-c2nc3cc(Cl)ccc3s2)c(C)c1. The highest BCUT2D eigenvalue weighted by atomic mass is 35.5. The third-order valence-electron chi connectivity index (χ3n) is 10.5. The number of thiazole rings is 2. The second-order valence-electron chi connectivity index (χ2n) is 15.3. The Morgan fingerprint density at radius 2 is 1.29 bits per heavy atom. The molecule has 0 unspecified atom stereocenters. The van der Waals surface area contributed by atoms with Crippen molar-refractivity contribution in [3.63, 3.8) is 0 Å². The van der Waals surface area contributed by atoms with Crippen molar-refractivity contribution in [3.8, 4) is 22.5 Å². The average Bonchev–Trinajstić information content (AvgIpc) is 3.95. The van der Waals surface area contributed by atoms with Crippen LogP contribution in [0.3, 0.4) is 0 Å². The molecule has 0 saturated heterocycles. The summed E-state index contributed by atoms with van der Waals surface area (Å²) in [4.78, 5) is 17.5. The van der Waals surface area contributed by atoms with Crippen LogP contribution >= 0.6 is 45.9 Å². The van der Waals surface area contributed by atoms with Crippen molar-refractivity contribution in [3.05, 3.63) is 152 Å². The first-order valence-corrected chi connectivity index (χ1v) is 22.1. The Balaban J connectivity index is 1.27. The summed E-state index contributed by atoms with van der Waals surface area (Å²) in [5.41, 5.74) is 12.7. The van der Waals surface area contributed by atoms with E-state index in [2.05, 4.69) is 82.1 Å². The number of aromatic nitrogens is 5.